The summed E-state index contributed by atoms with van der Waals surface area (Å²) < 4.78 is 34.2. The lowest BCUT2D eigenvalue weighted by molar-refractivity contribution is -0.140. The summed E-state index contributed by atoms with van der Waals surface area (Å²) in [6.07, 6.45) is -0.0119. The zero-order chi connectivity index (χ0) is 10.5. The molecule has 0 rings (SSSR count). The molecule has 0 spiro atoms. The topological polar surface area (TPSA) is 92.7 Å². The van der Waals surface area contributed by atoms with Gasteiger partial charge in [0, 0.05) is 0 Å². The first-order valence-corrected chi connectivity index (χ1v) is 5.12. The van der Waals surface area contributed by atoms with Crippen LogP contribution in [0.3, 0.4) is 0 Å². The van der Waals surface area contributed by atoms with Gasteiger partial charge in [-0.25, -0.2) is 0 Å². The van der Waals surface area contributed by atoms with E-state index in [0.29, 0.717) is 6.54 Å². The molecule has 0 radical (unpaired) electrons. The number of esters is 1. The summed E-state index contributed by atoms with van der Waals surface area (Å²) in [7, 11) is -1.68. The highest BCUT2D eigenvalue weighted by Crippen LogP contribution is 2.05. The van der Waals surface area contributed by atoms with E-state index in [-0.39, 0.29) is 6.42 Å². The molecule has 0 saturated heterocycles. The molecule has 0 aromatic rings. The third kappa shape index (κ3) is 4.20. The van der Waals surface area contributed by atoms with E-state index in [4.69, 9.17) is 4.55 Å². The molecule has 78 valence electrons. The third-order valence-corrected chi connectivity index (χ3v) is 2.63. The van der Waals surface area contributed by atoms with E-state index in [0.717, 1.165) is 7.11 Å². The number of ether oxygens (including phenoxy) is 1. The maximum absolute atomic E-state index is 10.9. The van der Waals surface area contributed by atoms with E-state index in [1.807, 2.05) is 0 Å². The molecule has 0 bridgehead atoms. The Balaban J connectivity index is 4.47. The van der Waals surface area contributed by atoms with Gasteiger partial charge in [0.2, 0.25) is 0 Å². The first kappa shape index (κ1) is 12.3. The monoisotopic (exact) mass is 211 g/mol. The van der Waals surface area contributed by atoms with Crippen molar-refractivity contribution in [2.45, 2.75) is 11.7 Å². The van der Waals surface area contributed by atoms with Crippen LogP contribution in [-0.4, -0.2) is 44.9 Å². The summed E-state index contributed by atoms with van der Waals surface area (Å²) in [5, 5.41) is 1.17. The molecule has 0 aliphatic heterocycles. The largest absolute Gasteiger partial charge is 0.468 e. The maximum atomic E-state index is 10.9. The fraction of sp³-hybridized carbons (Fsp3) is 0.833. The highest BCUT2D eigenvalue weighted by molar-refractivity contribution is 7.87. The van der Waals surface area contributed by atoms with Crippen LogP contribution in [0.5, 0.6) is 0 Å². The van der Waals surface area contributed by atoms with E-state index in [1.165, 1.54) is 0 Å². The van der Waals surface area contributed by atoms with Gasteiger partial charge in [0.1, 0.15) is 0 Å². The molecule has 1 atom stereocenters. The average molecular weight is 211 g/mol. The molecule has 0 aliphatic rings. The molecule has 0 aliphatic carbocycles. The van der Waals surface area contributed by atoms with Gasteiger partial charge in [-0.1, -0.05) is 0 Å². The second kappa shape index (κ2) is 5.15. The van der Waals surface area contributed by atoms with Crippen LogP contribution >= 0.6 is 0 Å². The van der Waals surface area contributed by atoms with Crippen LogP contribution in [0.25, 0.3) is 0 Å². The lowest BCUT2D eigenvalue weighted by Crippen LogP contribution is -2.33. The first-order valence-electron chi connectivity index (χ1n) is 3.62. The Hall–Kier alpha value is -0.660. The van der Waals surface area contributed by atoms with Crippen molar-refractivity contribution in [1.82, 2.24) is 5.32 Å². The summed E-state index contributed by atoms with van der Waals surface area (Å²) in [5.41, 5.74) is 0. The lowest BCUT2D eigenvalue weighted by atomic mass is 10.3. The highest BCUT2D eigenvalue weighted by atomic mass is 32.2. The molecular formula is C6H13NO5S. The first-order chi connectivity index (χ1) is 5.93. The van der Waals surface area contributed by atoms with Gasteiger partial charge in [0.25, 0.3) is 10.1 Å². The predicted molar refractivity (Wildman–Crippen MR) is 45.9 cm³/mol. The van der Waals surface area contributed by atoms with Gasteiger partial charge < -0.3 is 10.1 Å². The second-order valence-corrected chi connectivity index (χ2v) is 4.02. The van der Waals surface area contributed by atoms with Crippen molar-refractivity contribution in [3.05, 3.63) is 0 Å². The molecule has 6 nitrogen and oxygen atoms in total. The molecule has 0 saturated carbocycles. The van der Waals surface area contributed by atoms with E-state index in [1.54, 1.807) is 7.05 Å². The normalized spacial score (nSPS) is 13.8. The predicted octanol–water partition coefficient (Wildman–Crippen LogP) is -0.975. The molecule has 0 amide bonds. The Morgan fingerprint density at radius 3 is 2.46 bits per heavy atom. The summed E-state index contributed by atoms with van der Waals surface area (Å²) in [5.74, 6) is -0.947. The number of methoxy groups -OCH3 is 1. The van der Waals surface area contributed by atoms with Crippen molar-refractivity contribution in [2.75, 3.05) is 20.7 Å². The van der Waals surface area contributed by atoms with Crippen LogP contribution in [0.4, 0.5) is 0 Å². The quantitative estimate of drug-likeness (QED) is 0.449. The standard InChI is InChI=1S/C6H13NO5S/c1-7-4-3-5(6(8)12-2)13(9,10)11/h5,7H,3-4H2,1-2H3,(H,9,10,11). The Bertz CT molecular complexity index is 260. The van der Waals surface area contributed by atoms with Gasteiger partial charge >= 0.3 is 5.97 Å². The van der Waals surface area contributed by atoms with Crippen LogP contribution in [0, 0.1) is 0 Å². The van der Waals surface area contributed by atoms with Gasteiger partial charge in [-0.05, 0) is 20.0 Å². The van der Waals surface area contributed by atoms with Crippen LogP contribution in [0.1, 0.15) is 6.42 Å². The maximum Gasteiger partial charge on any atom is 0.326 e. The number of carbonyl (C=O) groups excluding carboxylic acids is 1. The van der Waals surface area contributed by atoms with Crippen LogP contribution in [0.2, 0.25) is 0 Å². The Labute approximate surface area is 77.0 Å². The van der Waals surface area contributed by atoms with Gasteiger partial charge in [-0.15, -0.1) is 0 Å². The highest BCUT2D eigenvalue weighted by Gasteiger charge is 2.31. The zero-order valence-corrected chi connectivity index (χ0v) is 8.30. The van der Waals surface area contributed by atoms with E-state index in [2.05, 4.69) is 10.1 Å². The summed E-state index contributed by atoms with van der Waals surface area (Å²) >= 11 is 0. The Morgan fingerprint density at radius 2 is 2.15 bits per heavy atom. The minimum absolute atomic E-state index is 0.0119. The molecule has 0 heterocycles. The second-order valence-electron chi connectivity index (χ2n) is 2.42. The zero-order valence-electron chi connectivity index (χ0n) is 7.48. The van der Waals surface area contributed by atoms with Crippen LogP contribution < -0.4 is 5.32 Å². The summed E-state index contributed by atoms with van der Waals surface area (Å²) in [6, 6.07) is 0. The van der Waals surface area contributed by atoms with Gasteiger partial charge in [-0.3, -0.25) is 9.35 Å². The molecule has 7 heteroatoms. The molecule has 0 fully saturated rings. The van der Waals surface area contributed by atoms with Crippen molar-refractivity contribution in [3.8, 4) is 0 Å². The minimum atomic E-state index is -4.36. The van der Waals surface area contributed by atoms with Crippen molar-refractivity contribution < 1.29 is 22.5 Å². The molecular weight excluding hydrogens is 198 g/mol. The van der Waals surface area contributed by atoms with Crippen molar-refractivity contribution in [1.29, 1.82) is 0 Å². The lowest BCUT2D eigenvalue weighted by Gasteiger charge is -2.10. The smallest absolute Gasteiger partial charge is 0.326 e. The van der Waals surface area contributed by atoms with Crippen molar-refractivity contribution in [3.63, 3.8) is 0 Å². The minimum Gasteiger partial charge on any atom is -0.468 e. The SMILES string of the molecule is CNCCC(C(=O)OC)S(=O)(=O)O. The number of hydrogen-bond donors (Lipinski definition) is 2. The number of carbonyl (C=O) groups is 1. The van der Waals surface area contributed by atoms with Gasteiger partial charge in [0.05, 0.1) is 7.11 Å². The Kier molecular flexibility index (Phi) is 4.89. The van der Waals surface area contributed by atoms with Gasteiger partial charge in [-0.2, -0.15) is 8.42 Å². The molecule has 1 unspecified atom stereocenters. The van der Waals surface area contributed by atoms with Gasteiger partial charge in [0.15, 0.2) is 5.25 Å². The summed E-state index contributed by atoms with van der Waals surface area (Å²) in [4.78, 5) is 10.9. The number of hydrogen-bond acceptors (Lipinski definition) is 5. The number of nitrogens with one attached hydrogen (secondary N) is 1. The fourth-order valence-electron chi connectivity index (χ4n) is 0.795. The van der Waals surface area contributed by atoms with Crippen LogP contribution in [-0.2, 0) is 19.6 Å². The Morgan fingerprint density at radius 1 is 1.62 bits per heavy atom. The fourth-order valence-corrected chi connectivity index (χ4v) is 1.55. The molecule has 0 aromatic heterocycles. The molecule has 2 N–H and O–H groups in total. The van der Waals surface area contributed by atoms with Crippen LogP contribution in [0.15, 0.2) is 0 Å². The number of rotatable bonds is 5. The van der Waals surface area contributed by atoms with Crippen molar-refractivity contribution >= 4 is 16.1 Å². The van der Waals surface area contributed by atoms with E-state index in [9.17, 15) is 13.2 Å². The third-order valence-electron chi connectivity index (χ3n) is 1.48. The van der Waals surface area contributed by atoms with E-state index >= 15 is 0 Å². The molecule has 0 aromatic carbocycles. The average Bonchev–Trinajstić information content (AvgIpc) is 2.02. The van der Waals surface area contributed by atoms with Crippen molar-refractivity contribution in [2.24, 2.45) is 0 Å². The summed E-state index contributed by atoms with van der Waals surface area (Å²) in [6.45, 7) is 0.305. The molecule has 13 heavy (non-hydrogen) atoms. The van der Waals surface area contributed by atoms with E-state index < -0.39 is 21.3 Å².